The summed E-state index contributed by atoms with van der Waals surface area (Å²) >= 11 is 0. The van der Waals surface area contributed by atoms with Crippen molar-refractivity contribution in [2.45, 2.75) is 26.2 Å². The lowest BCUT2D eigenvalue weighted by Crippen LogP contribution is -2.11. The van der Waals surface area contributed by atoms with Gasteiger partial charge in [-0.3, -0.25) is 0 Å². The normalized spacial score (nSPS) is 16.8. The van der Waals surface area contributed by atoms with E-state index in [2.05, 4.69) is 6.92 Å². The van der Waals surface area contributed by atoms with E-state index in [-0.39, 0.29) is 10.9 Å². The van der Waals surface area contributed by atoms with Gasteiger partial charge < -0.3 is 0 Å². The van der Waals surface area contributed by atoms with Crippen LogP contribution in [0.1, 0.15) is 24.5 Å². The fraction of sp³-hybridized carbons (Fsp3) is 0.238. The van der Waals surface area contributed by atoms with E-state index in [1.807, 2.05) is 0 Å². The fourth-order valence-electron chi connectivity index (χ4n) is 3.73. The molecular formula is C21H15F5. The topological polar surface area (TPSA) is 0 Å². The third-order valence-corrected chi connectivity index (χ3v) is 5.10. The smallest absolute Gasteiger partial charge is 0.194 e. The molecule has 3 aromatic rings. The molecule has 134 valence electrons. The summed E-state index contributed by atoms with van der Waals surface area (Å²) in [6.07, 6.45) is 2.64. The average Bonchev–Trinajstić information content (AvgIpc) is 2.58. The number of rotatable bonds is 1. The van der Waals surface area contributed by atoms with Crippen molar-refractivity contribution >= 4 is 10.8 Å². The van der Waals surface area contributed by atoms with E-state index in [9.17, 15) is 17.6 Å². The molecule has 0 saturated heterocycles. The Kier molecular flexibility index (Phi) is 3.98. The second-order valence-electron chi connectivity index (χ2n) is 6.99. The maximum atomic E-state index is 15.0. The van der Waals surface area contributed by atoms with Gasteiger partial charge in [0.15, 0.2) is 17.5 Å². The van der Waals surface area contributed by atoms with Crippen LogP contribution < -0.4 is 0 Å². The van der Waals surface area contributed by atoms with Crippen LogP contribution in [-0.4, -0.2) is 0 Å². The van der Waals surface area contributed by atoms with Crippen LogP contribution in [0.3, 0.4) is 0 Å². The number of benzene rings is 3. The van der Waals surface area contributed by atoms with Crippen molar-refractivity contribution in [1.82, 2.24) is 0 Å². The maximum Gasteiger partial charge on any atom is 0.194 e. The van der Waals surface area contributed by atoms with E-state index < -0.39 is 34.6 Å². The Morgan fingerprint density at radius 3 is 2.15 bits per heavy atom. The molecule has 0 saturated carbocycles. The van der Waals surface area contributed by atoms with Gasteiger partial charge in [0.05, 0.1) is 5.56 Å². The first-order valence-corrected chi connectivity index (χ1v) is 8.43. The third kappa shape index (κ3) is 2.66. The molecule has 0 radical (unpaired) electrons. The average molecular weight is 362 g/mol. The number of hydrogen-bond acceptors (Lipinski definition) is 0. The molecule has 1 atom stereocenters. The van der Waals surface area contributed by atoms with Crippen LogP contribution in [0.4, 0.5) is 22.0 Å². The highest BCUT2D eigenvalue weighted by Gasteiger charge is 2.22. The largest absolute Gasteiger partial charge is 0.206 e. The van der Waals surface area contributed by atoms with Gasteiger partial charge in [0, 0.05) is 5.39 Å². The van der Waals surface area contributed by atoms with Gasteiger partial charge in [0.1, 0.15) is 11.6 Å². The number of aryl methyl sites for hydroxylation is 1. The molecule has 0 aromatic heterocycles. The van der Waals surface area contributed by atoms with Crippen molar-refractivity contribution in [3.8, 4) is 11.1 Å². The van der Waals surface area contributed by atoms with Crippen LogP contribution in [0.5, 0.6) is 0 Å². The lowest BCUT2D eigenvalue weighted by atomic mass is 9.83. The van der Waals surface area contributed by atoms with Gasteiger partial charge in [0.25, 0.3) is 0 Å². The van der Waals surface area contributed by atoms with Gasteiger partial charge in [-0.05, 0) is 71.5 Å². The number of hydrogen-bond donors (Lipinski definition) is 0. The van der Waals surface area contributed by atoms with E-state index >= 15 is 4.39 Å². The summed E-state index contributed by atoms with van der Waals surface area (Å²) in [6.45, 7) is 2.13. The van der Waals surface area contributed by atoms with Crippen LogP contribution in [-0.2, 0) is 12.8 Å². The molecule has 4 rings (SSSR count). The van der Waals surface area contributed by atoms with Gasteiger partial charge in [-0.25, -0.2) is 22.0 Å². The van der Waals surface area contributed by atoms with Gasteiger partial charge in [0.2, 0.25) is 0 Å². The predicted molar refractivity (Wildman–Crippen MR) is 90.4 cm³/mol. The minimum absolute atomic E-state index is 0.194. The molecular weight excluding hydrogens is 347 g/mol. The molecule has 0 N–H and O–H groups in total. The standard InChI is InChI=1S/C21H15F5/c1-10-2-3-11-6-15-13(5-12(11)4-10)7-16(22)19(20(15)25)14-8-17(23)21(26)18(24)9-14/h5-10H,2-4H2,1H3. The molecule has 26 heavy (non-hydrogen) atoms. The third-order valence-electron chi connectivity index (χ3n) is 5.10. The SMILES string of the molecule is CC1CCc2cc3c(F)c(-c4cc(F)c(F)c(F)c4)c(F)cc3cc2C1. The molecule has 3 aromatic carbocycles. The highest BCUT2D eigenvalue weighted by atomic mass is 19.2. The predicted octanol–water partition coefficient (Wildman–Crippen LogP) is 6.33. The molecule has 0 nitrogen and oxygen atoms in total. The summed E-state index contributed by atoms with van der Waals surface area (Å²) in [6, 6.07) is 5.83. The van der Waals surface area contributed by atoms with Crippen LogP contribution in [0, 0.1) is 35.0 Å². The Labute approximate surface area is 147 Å². The zero-order chi connectivity index (χ0) is 18.6. The van der Waals surface area contributed by atoms with Crippen molar-refractivity contribution in [3.05, 3.63) is 70.5 Å². The highest BCUT2D eigenvalue weighted by molar-refractivity contribution is 5.90. The summed E-state index contributed by atoms with van der Waals surface area (Å²) < 4.78 is 69.8. The molecule has 5 heteroatoms. The number of fused-ring (bicyclic) bond motifs is 2. The van der Waals surface area contributed by atoms with E-state index in [0.717, 1.165) is 36.5 Å². The Morgan fingerprint density at radius 1 is 0.769 bits per heavy atom. The Hall–Kier alpha value is -2.43. The first-order chi connectivity index (χ1) is 12.3. The van der Waals surface area contributed by atoms with Gasteiger partial charge >= 0.3 is 0 Å². The van der Waals surface area contributed by atoms with Crippen molar-refractivity contribution < 1.29 is 22.0 Å². The Balaban J connectivity index is 1.96. The molecule has 0 heterocycles. The lowest BCUT2D eigenvalue weighted by Gasteiger charge is -2.22. The fourth-order valence-corrected chi connectivity index (χ4v) is 3.73. The summed E-state index contributed by atoms with van der Waals surface area (Å²) in [5.74, 6) is -5.97. The summed E-state index contributed by atoms with van der Waals surface area (Å²) in [5.41, 5.74) is 1.15. The molecule has 1 aliphatic carbocycles. The summed E-state index contributed by atoms with van der Waals surface area (Å²) in [4.78, 5) is 0. The second-order valence-corrected chi connectivity index (χ2v) is 6.99. The van der Waals surface area contributed by atoms with E-state index in [4.69, 9.17) is 0 Å². The number of halogens is 5. The van der Waals surface area contributed by atoms with Gasteiger partial charge in [-0.15, -0.1) is 0 Å². The highest BCUT2D eigenvalue weighted by Crippen LogP contribution is 2.36. The Bertz CT molecular complexity index is 1020. The monoisotopic (exact) mass is 362 g/mol. The molecule has 0 amide bonds. The second kappa shape index (κ2) is 6.08. The summed E-state index contributed by atoms with van der Waals surface area (Å²) in [7, 11) is 0. The van der Waals surface area contributed by atoms with Crippen LogP contribution in [0.2, 0.25) is 0 Å². The van der Waals surface area contributed by atoms with Crippen molar-refractivity contribution in [2.24, 2.45) is 5.92 Å². The molecule has 0 spiro atoms. The quantitative estimate of drug-likeness (QED) is 0.351. The lowest BCUT2D eigenvalue weighted by molar-refractivity contribution is 0.447. The van der Waals surface area contributed by atoms with E-state index in [0.29, 0.717) is 23.4 Å². The molecule has 0 aliphatic heterocycles. The van der Waals surface area contributed by atoms with Crippen molar-refractivity contribution in [2.75, 3.05) is 0 Å². The van der Waals surface area contributed by atoms with E-state index in [1.165, 1.54) is 0 Å². The van der Waals surface area contributed by atoms with Crippen molar-refractivity contribution in [1.29, 1.82) is 0 Å². The van der Waals surface area contributed by atoms with Crippen LogP contribution in [0.15, 0.2) is 30.3 Å². The van der Waals surface area contributed by atoms with Crippen molar-refractivity contribution in [3.63, 3.8) is 0 Å². The Morgan fingerprint density at radius 2 is 1.46 bits per heavy atom. The first-order valence-electron chi connectivity index (χ1n) is 8.43. The molecule has 1 aliphatic rings. The van der Waals surface area contributed by atoms with Gasteiger partial charge in [-0.2, -0.15) is 0 Å². The minimum Gasteiger partial charge on any atom is -0.206 e. The zero-order valence-electron chi connectivity index (χ0n) is 14.0. The van der Waals surface area contributed by atoms with Crippen LogP contribution in [0.25, 0.3) is 21.9 Å². The molecule has 0 bridgehead atoms. The summed E-state index contributed by atoms with van der Waals surface area (Å²) in [5, 5.41) is 0.597. The molecule has 0 fully saturated rings. The van der Waals surface area contributed by atoms with E-state index in [1.54, 1.807) is 12.1 Å². The van der Waals surface area contributed by atoms with Gasteiger partial charge in [-0.1, -0.05) is 13.0 Å². The zero-order valence-corrected chi connectivity index (χ0v) is 14.0. The maximum absolute atomic E-state index is 15.0. The first kappa shape index (κ1) is 17.0. The van der Waals surface area contributed by atoms with Crippen LogP contribution >= 0.6 is 0 Å². The minimum atomic E-state index is -1.67. The molecule has 1 unspecified atom stereocenters.